The number of anilines is 1. The Labute approximate surface area is 119 Å². The number of likely N-dealkylation sites (tertiary alicyclic amines) is 1. The first kappa shape index (κ1) is 14.8. The molecule has 1 aliphatic rings. The third kappa shape index (κ3) is 3.28. The maximum absolute atomic E-state index is 13.6. The lowest BCUT2D eigenvalue weighted by Gasteiger charge is -2.17. The lowest BCUT2D eigenvalue weighted by molar-refractivity contribution is -0.121. The van der Waals surface area contributed by atoms with Gasteiger partial charge in [0.15, 0.2) is 0 Å². The van der Waals surface area contributed by atoms with E-state index in [4.69, 9.17) is 10.8 Å². The molecular formula is C13H14FN3O4. The first-order valence-electron chi connectivity index (χ1n) is 6.26. The average Bonchev–Trinajstić information content (AvgIpc) is 2.90. The molecule has 1 aromatic rings. The zero-order chi connectivity index (χ0) is 15.6. The van der Waals surface area contributed by atoms with Crippen LogP contribution in [0.15, 0.2) is 18.2 Å². The number of hydrogen-bond donors (Lipinski definition) is 3. The fourth-order valence-electron chi connectivity index (χ4n) is 2.13. The first-order valence-corrected chi connectivity index (χ1v) is 6.26. The fraction of sp³-hybridized carbons (Fsp3) is 0.308. The minimum atomic E-state index is -1.22. The molecule has 3 amide bonds. The van der Waals surface area contributed by atoms with Crippen LogP contribution in [-0.4, -0.2) is 41.0 Å². The van der Waals surface area contributed by atoms with E-state index in [9.17, 15) is 18.8 Å². The van der Waals surface area contributed by atoms with Gasteiger partial charge in [0, 0.05) is 13.1 Å². The minimum Gasteiger partial charge on any atom is -0.478 e. The molecule has 21 heavy (non-hydrogen) atoms. The summed E-state index contributed by atoms with van der Waals surface area (Å²) in [5, 5.41) is 11.1. The topological polar surface area (TPSA) is 113 Å². The third-order valence-corrected chi connectivity index (χ3v) is 3.33. The molecule has 0 aromatic heterocycles. The maximum Gasteiger partial charge on any atom is 0.335 e. The Kier molecular flexibility index (Phi) is 4.06. The van der Waals surface area contributed by atoms with Gasteiger partial charge in [0.25, 0.3) is 0 Å². The molecule has 1 fully saturated rings. The zero-order valence-electron chi connectivity index (χ0n) is 11.0. The van der Waals surface area contributed by atoms with Crippen molar-refractivity contribution in [1.29, 1.82) is 0 Å². The van der Waals surface area contributed by atoms with E-state index in [1.807, 2.05) is 0 Å². The molecule has 0 radical (unpaired) electrons. The van der Waals surface area contributed by atoms with Gasteiger partial charge in [-0.2, -0.15) is 0 Å². The van der Waals surface area contributed by atoms with Crippen LogP contribution in [-0.2, 0) is 4.79 Å². The van der Waals surface area contributed by atoms with Gasteiger partial charge in [0.1, 0.15) is 5.82 Å². The van der Waals surface area contributed by atoms with Crippen LogP contribution in [0.25, 0.3) is 0 Å². The van der Waals surface area contributed by atoms with Gasteiger partial charge in [-0.15, -0.1) is 0 Å². The molecule has 1 heterocycles. The Morgan fingerprint density at radius 2 is 2.10 bits per heavy atom. The van der Waals surface area contributed by atoms with Crippen LogP contribution in [0, 0.1) is 11.7 Å². The molecule has 4 N–H and O–H groups in total. The molecule has 0 bridgehead atoms. The van der Waals surface area contributed by atoms with Crippen molar-refractivity contribution in [2.75, 3.05) is 18.4 Å². The second-order valence-corrected chi connectivity index (χ2v) is 4.76. The summed E-state index contributed by atoms with van der Waals surface area (Å²) >= 11 is 0. The second kappa shape index (κ2) is 5.78. The van der Waals surface area contributed by atoms with E-state index in [0.29, 0.717) is 13.0 Å². The third-order valence-electron chi connectivity index (χ3n) is 3.33. The van der Waals surface area contributed by atoms with Crippen molar-refractivity contribution in [3.05, 3.63) is 29.6 Å². The van der Waals surface area contributed by atoms with Crippen LogP contribution in [0.2, 0.25) is 0 Å². The molecule has 1 aromatic carbocycles. The predicted molar refractivity (Wildman–Crippen MR) is 71.3 cm³/mol. The second-order valence-electron chi connectivity index (χ2n) is 4.76. The molecule has 0 saturated carbocycles. The normalized spacial score (nSPS) is 17.6. The highest BCUT2D eigenvalue weighted by Gasteiger charge is 2.30. The van der Waals surface area contributed by atoms with Gasteiger partial charge in [-0.1, -0.05) is 0 Å². The van der Waals surface area contributed by atoms with Gasteiger partial charge in [-0.25, -0.2) is 14.0 Å². The van der Waals surface area contributed by atoms with Crippen molar-refractivity contribution in [2.24, 2.45) is 11.7 Å². The fourth-order valence-corrected chi connectivity index (χ4v) is 2.13. The van der Waals surface area contributed by atoms with Crippen molar-refractivity contribution < 1.29 is 23.9 Å². The van der Waals surface area contributed by atoms with E-state index in [-0.39, 0.29) is 17.8 Å². The highest BCUT2D eigenvalue weighted by molar-refractivity contribution is 5.93. The molecule has 8 heteroatoms. The summed E-state index contributed by atoms with van der Waals surface area (Å²) in [5.74, 6) is -2.85. The van der Waals surface area contributed by atoms with E-state index < -0.39 is 29.6 Å². The maximum atomic E-state index is 13.6. The van der Waals surface area contributed by atoms with E-state index >= 15 is 0 Å². The number of halogens is 1. The summed E-state index contributed by atoms with van der Waals surface area (Å²) in [6.07, 6.45) is 0.459. The zero-order valence-corrected chi connectivity index (χ0v) is 11.0. The number of amides is 3. The summed E-state index contributed by atoms with van der Waals surface area (Å²) in [6.45, 7) is 0.501. The summed E-state index contributed by atoms with van der Waals surface area (Å²) in [5.41, 5.74) is 4.81. The molecule has 1 aliphatic heterocycles. The van der Waals surface area contributed by atoms with Crippen molar-refractivity contribution in [3.63, 3.8) is 0 Å². The molecule has 0 aliphatic carbocycles. The molecule has 112 valence electrons. The summed E-state index contributed by atoms with van der Waals surface area (Å²) in [7, 11) is 0. The molecular weight excluding hydrogens is 281 g/mol. The monoisotopic (exact) mass is 295 g/mol. The number of primary amides is 1. The quantitative estimate of drug-likeness (QED) is 0.767. The van der Waals surface area contributed by atoms with Crippen LogP contribution < -0.4 is 11.1 Å². The number of hydrogen-bond acceptors (Lipinski definition) is 3. The highest BCUT2D eigenvalue weighted by Crippen LogP contribution is 2.20. The van der Waals surface area contributed by atoms with Crippen molar-refractivity contribution >= 4 is 23.6 Å². The number of urea groups is 1. The van der Waals surface area contributed by atoms with E-state index in [1.165, 1.54) is 4.90 Å². The van der Waals surface area contributed by atoms with Crippen LogP contribution in [0.5, 0.6) is 0 Å². The van der Waals surface area contributed by atoms with Crippen LogP contribution in [0.4, 0.5) is 14.9 Å². The van der Waals surface area contributed by atoms with E-state index in [0.717, 1.165) is 18.2 Å². The molecule has 1 unspecified atom stereocenters. The Morgan fingerprint density at radius 1 is 1.38 bits per heavy atom. The number of carbonyl (C=O) groups excluding carboxylic acids is 2. The van der Waals surface area contributed by atoms with Crippen molar-refractivity contribution in [3.8, 4) is 0 Å². The minimum absolute atomic E-state index is 0.136. The van der Waals surface area contributed by atoms with Gasteiger partial charge >= 0.3 is 12.0 Å². The van der Waals surface area contributed by atoms with Gasteiger partial charge in [0.2, 0.25) is 5.91 Å². The Balaban J connectivity index is 2.08. The number of carboxylic acids is 1. The van der Waals surface area contributed by atoms with Crippen LogP contribution in [0.1, 0.15) is 16.8 Å². The number of nitrogens with two attached hydrogens (primary N) is 1. The Morgan fingerprint density at radius 3 is 2.67 bits per heavy atom. The first-order chi connectivity index (χ1) is 9.88. The lowest BCUT2D eigenvalue weighted by Crippen LogP contribution is -2.35. The number of carboxylic acid groups (broad SMARTS) is 1. The SMILES string of the molecule is NC(=O)C1CCN(C(=O)Nc2cc(C(=O)O)ccc2F)C1. The molecule has 7 nitrogen and oxygen atoms in total. The summed E-state index contributed by atoms with van der Waals surface area (Å²) < 4.78 is 13.6. The highest BCUT2D eigenvalue weighted by atomic mass is 19.1. The number of rotatable bonds is 3. The number of benzene rings is 1. The Hall–Kier alpha value is -2.64. The molecule has 2 rings (SSSR count). The molecule has 0 spiro atoms. The number of aromatic carboxylic acids is 1. The summed E-state index contributed by atoms with van der Waals surface area (Å²) in [4.78, 5) is 35.2. The largest absolute Gasteiger partial charge is 0.478 e. The lowest BCUT2D eigenvalue weighted by atomic mass is 10.1. The van der Waals surface area contributed by atoms with Crippen LogP contribution >= 0.6 is 0 Å². The van der Waals surface area contributed by atoms with E-state index in [1.54, 1.807) is 0 Å². The number of carbonyl (C=O) groups is 3. The summed E-state index contributed by atoms with van der Waals surface area (Å²) in [6, 6.07) is 2.51. The van der Waals surface area contributed by atoms with Gasteiger partial charge in [0.05, 0.1) is 17.2 Å². The van der Waals surface area contributed by atoms with E-state index in [2.05, 4.69) is 5.32 Å². The number of nitrogens with one attached hydrogen (secondary N) is 1. The van der Waals surface area contributed by atoms with Gasteiger partial charge < -0.3 is 21.1 Å². The average molecular weight is 295 g/mol. The number of nitrogens with zero attached hydrogens (tertiary/aromatic N) is 1. The predicted octanol–water partition coefficient (Wildman–Crippen LogP) is 0.863. The van der Waals surface area contributed by atoms with Crippen molar-refractivity contribution in [2.45, 2.75) is 6.42 Å². The molecule has 1 atom stereocenters. The molecule has 1 saturated heterocycles. The smallest absolute Gasteiger partial charge is 0.335 e. The standard InChI is InChI=1S/C13H14FN3O4/c14-9-2-1-7(12(19)20)5-10(9)16-13(21)17-4-3-8(6-17)11(15)18/h1-2,5,8H,3-4,6H2,(H2,15,18)(H,16,21)(H,19,20). The van der Waals surface area contributed by atoms with Crippen LogP contribution in [0.3, 0.4) is 0 Å². The van der Waals surface area contributed by atoms with Gasteiger partial charge in [-0.3, -0.25) is 4.79 Å². The van der Waals surface area contributed by atoms with Crippen molar-refractivity contribution in [1.82, 2.24) is 4.90 Å². The van der Waals surface area contributed by atoms with Gasteiger partial charge in [-0.05, 0) is 24.6 Å². The Bertz CT molecular complexity index is 605.